The molecule has 1 atom stereocenters. The summed E-state index contributed by atoms with van der Waals surface area (Å²) in [6, 6.07) is 0.201. The number of amides is 1. The van der Waals surface area contributed by atoms with Crippen molar-refractivity contribution in [1.82, 2.24) is 15.5 Å². The van der Waals surface area contributed by atoms with Crippen LogP contribution in [0.1, 0.15) is 39.1 Å². The Bertz CT molecular complexity index is 420. The van der Waals surface area contributed by atoms with Crippen LogP contribution in [0.2, 0.25) is 0 Å². The molecule has 2 N–H and O–H groups in total. The second-order valence-electron chi connectivity index (χ2n) is 5.43. The van der Waals surface area contributed by atoms with Crippen molar-refractivity contribution < 1.29 is 14.1 Å². The molecular formula is C13H25N4O2S+. The van der Waals surface area contributed by atoms with Crippen LogP contribution in [0.5, 0.6) is 0 Å². The molecule has 1 heterocycles. The number of hydrogen-bond acceptors (Lipinski definition) is 5. The highest BCUT2D eigenvalue weighted by atomic mass is 32.2. The zero-order chi connectivity index (χ0) is 15.1. The van der Waals surface area contributed by atoms with E-state index in [1.165, 1.54) is 16.7 Å². The maximum Gasteiger partial charge on any atom is 0.277 e. The van der Waals surface area contributed by atoms with Gasteiger partial charge in [0.1, 0.15) is 0 Å². The van der Waals surface area contributed by atoms with Gasteiger partial charge >= 0.3 is 0 Å². The monoisotopic (exact) mass is 301 g/mol. The molecule has 0 aliphatic heterocycles. The third-order valence-electron chi connectivity index (χ3n) is 2.86. The molecule has 1 aromatic rings. The van der Waals surface area contributed by atoms with Gasteiger partial charge in [0, 0.05) is 13.0 Å². The summed E-state index contributed by atoms with van der Waals surface area (Å²) in [7, 11) is 4.12. The van der Waals surface area contributed by atoms with Crippen LogP contribution in [0.4, 0.5) is 0 Å². The smallest absolute Gasteiger partial charge is 0.277 e. The first-order chi connectivity index (χ1) is 9.43. The third-order valence-corrected chi connectivity index (χ3v) is 3.68. The number of nitrogens with zero attached hydrogens (tertiary/aromatic N) is 2. The lowest BCUT2D eigenvalue weighted by atomic mass is 10.2. The Balaban J connectivity index is 2.46. The topological polar surface area (TPSA) is 72.5 Å². The predicted molar refractivity (Wildman–Crippen MR) is 78.7 cm³/mol. The summed E-state index contributed by atoms with van der Waals surface area (Å²) in [4.78, 5) is 12.9. The Kier molecular flexibility index (Phi) is 7.01. The lowest BCUT2D eigenvalue weighted by molar-refractivity contribution is -0.894. The molecule has 0 aromatic carbocycles. The van der Waals surface area contributed by atoms with E-state index in [0.717, 1.165) is 6.42 Å². The van der Waals surface area contributed by atoms with Crippen LogP contribution in [0, 0.1) is 5.92 Å². The Hall–Kier alpha value is -1.08. The fourth-order valence-electron chi connectivity index (χ4n) is 1.75. The van der Waals surface area contributed by atoms with E-state index in [1.54, 1.807) is 0 Å². The molecule has 20 heavy (non-hydrogen) atoms. The summed E-state index contributed by atoms with van der Waals surface area (Å²) in [6.07, 6.45) is 0.934. The lowest BCUT2D eigenvalue weighted by Gasteiger charge is -2.15. The minimum absolute atomic E-state index is 0.00581. The van der Waals surface area contributed by atoms with Gasteiger partial charge in [0.05, 0.1) is 19.8 Å². The van der Waals surface area contributed by atoms with Crippen LogP contribution in [-0.4, -0.2) is 42.5 Å². The van der Waals surface area contributed by atoms with E-state index in [2.05, 4.69) is 50.4 Å². The van der Waals surface area contributed by atoms with Crippen molar-refractivity contribution in [3.05, 3.63) is 5.89 Å². The molecule has 0 radical (unpaired) electrons. The molecule has 1 amide bonds. The quantitative estimate of drug-likeness (QED) is 0.685. The van der Waals surface area contributed by atoms with Crippen LogP contribution >= 0.6 is 11.8 Å². The normalized spacial score (nSPS) is 12.9. The van der Waals surface area contributed by atoms with Gasteiger partial charge in [0.25, 0.3) is 11.1 Å². The lowest BCUT2D eigenvalue weighted by Crippen LogP contribution is -3.06. The van der Waals surface area contributed by atoms with E-state index in [-0.39, 0.29) is 11.9 Å². The van der Waals surface area contributed by atoms with E-state index in [1.807, 2.05) is 0 Å². The van der Waals surface area contributed by atoms with Gasteiger partial charge in [-0.05, 0) is 5.92 Å². The standard InChI is InChI=1S/C13H24N4O2S/c1-6-10(17(4)5)12-15-16-13(19-12)20-8-11(18)14-7-9(2)3/h9-10H,6-8H2,1-5H3,(H,14,18)/p+1/t10-/m0/s1. The molecule has 7 heteroatoms. The summed E-state index contributed by atoms with van der Waals surface area (Å²) < 4.78 is 5.61. The molecule has 0 saturated heterocycles. The molecule has 1 aromatic heterocycles. The largest absolute Gasteiger partial charge is 0.410 e. The SMILES string of the molecule is CC[C@@H](c1nnc(SCC(=O)NCC(C)C)o1)[NH+](C)C. The number of thioether (sulfide) groups is 1. The Morgan fingerprint density at radius 2 is 2.10 bits per heavy atom. The van der Waals surface area contributed by atoms with E-state index in [0.29, 0.717) is 29.3 Å². The van der Waals surface area contributed by atoms with Gasteiger partial charge in [-0.1, -0.05) is 32.5 Å². The van der Waals surface area contributed by atoms with Gasteiger partial charge in [-0.15, -0.1) is 10.2 Å². The molecule has 0 aliphatic carbocycles. The molecule has 0 spiro atoms. The first-order valence-corrected chi connectivity index (χ1v) is 7.95. The van der Waals surface area contributed by atoms with Crippen LogP contribution in [0.3, 0.4) is 0 Å². The second-order valence-corrected chi connectivity index (χ2v) is 6.36. The fraction of sp³-hybridized carbons (Fsp3) is 0.769. The van der Waals surface area contributed by atoms with Crippen LogP contribution < -0.4 is 10.2 Å². The summed E-state index contributed by atoms with van der Waals surface area (Å²) in [5.74, 6) is 1.39. The third kappa shape index (κ3) is 5.50. The highest BCUT2D eigenvalue weighted by molar-refractivity contribution is 7.99. The first-order valence-electron chi connectivity index (χ1n) is 6.97. The number of aromatic nitrogens is 2. The van der Waals surface area contributed by atoms with Crippen molar-refractivity contribution in [1.29, 1.82) is 0 Å². The van der Waals surface area contributed by atoms with Crippen molar-refractivity contribution in [2.45, 2.75) is 38.5 Å². The summed E-state index contributed by atoms with van der Waals surface area (Å²) >= 11 is 1.28. The summed E-state index contributed by atoms with van der Waals surface area (Å²) in [5.41, 5.74) is 0. The number of hydrogen-bond donors (Lipinski definition) is 2. The van der Waals surface area contributed by atoms with Gasteiger partial charge in [0.2, 0.25) is 5.91 Å². The molecular weight excluding hydrogens is 276 g/mol. The molecule has 0 bridgehead atoms. The molecule has 0 saturated carbocycles. The molecule has 1 rings (SSSR count). The molecule has 0 aliphatic rings. The van der Waals surface area contributed by atoms with E-state index in [9.17, 15) is 4.79 Å². The molecule has 0 unspecified atom stereocenters. The maximum atomic E-state index is 11.6. The number of carbonyl (C=O) groups excluding carboxylic acids is 1. The van der Waals surface area contributed by atoms with Crippen molar-refractivity contribution in [2.75, 3.05) is 26.4 Å². The summed E-state index contributed by atoms with van der Waals surface area (Å²) in [6.45, 7) is 6.91. The summed E-state index contributed by atoms with van der Waals surface area (Å²) in [5, 5.41) is 11.4. The first kappa shape index (κ1) is 17.0. The van der Waals surface area contributed by atoms with Crippen LogP contribution in [0.15, 0.2) is 9.64 Å². The van der Waals surface area contributed by atoms with Crippen molar-refractivity contribution in [3.63, 3.8) is 0 Å². The fourth-order valence-corrected chi connectivity index (χ4v) is 2.35. The highest BCUT2D eigenvalue weighted by Crippen LogP contribution is 2.19. The average molecular weight is 301 g/mol. The Morgan fingerprint density at radius 1 is 1.40 bits per heavy atom. The number of rotatable bonds is 8. The Labute approximate surface area is 124 Å². The molecule has 0 fully saturated rings. The van der Waals surface area contributed by atoms with Gasteiger partial charge in [-0.25, -0.2) is 0 Å². The number of carbonyl (C=O) groups is 1. The number of nitrogens with one attached hydrogen (secondary N) is 2. The van der Waals surface area contributed by atoms with Crippen molar-refractivity contribution >= 4 is 17.7 Å². The van der Waals surface area contributed by atoms with Crippen molar-refractivity contribution in [2.24, 2.45) is 5.92 Å². The van der Waals surface area contributed by atoms with Gasteiger partial charge in [0.15, 0.2) is 6.04 Å². The average Bonchev–Trinajstić information content (AvgIpc) is 2.83. The maximum absolute atomic E-state index is 11.6. The molecule has 114 valence electrons. The van der Waals surface area contributed by atoms with E-state index in [4.69, 9.17) is 4.42 Å². The molecule has 6 nitrogen and oxygen atoms in total. The van der Waals surface area contributed by atoms with Gasteiger partial charge in [-0.3, -0.25) is 4.79 Å². The van der Waals surface area contributed by atoms with Crippen LogP contribution in [0.25, 0.3) is 0 Å². The zero-order valence-electron chi connectivity index (χ0n) is 12.9. The second kappa shape index (κ2) is 8.26. The van der Waals surface area contributed by atoms with Crippen LogP contribution in [-0.2, 0) is 4.79 Å². The van der Waals surface area contributed by atoms with Crippen molar-refractivity contribution in [3.8, 4) is 0 Å². The highest BCUT2D eigenvalue weighted by Gasteiger charge is 2.22. The van der Waals surface area contributed by atoms with E-state index < -0.39 is 0 Å². The van der Waals surface area contributed by atoms with Gasteiger partial charge < -0.3 is 14.6 Å². The van der Waals surface area contributed by atoms with E-state index >= 15 is 0 Å². The number of quaternary nitrogens is 1. The minimum atomic E-state index is -0.00581. The zero-order valence-corrected chi connectivity index (χ0v) is 13.7. The van der Waals surface area contributed by atoms with Gasteiger partial charge in [-0.2, -0.15) is 0 Å². The Morgan fingerprint density at radius 3 is 2.65 bits per heavy atom. The predicted octanol–water partition coefficient (Wildman–Crippen LogP) is 0.530. The minimum Gasteiger partial charge on any atom is -0.410 e.